The SMILES string of the molecule is CC(NC(=O)N1CCCC1CN1CCCC1)C(=O)N1CCc2ccccc21. The lowest BCUT2D eigenvalue weighted by atomic mass is 10.2. The molecule has 2 unspecified atom stereocenters. The number of nitrogens with zero attached hydrogens (tertiary/aromatic N) is 3. The predicted molar refractivity (Wildman–Crippen MR) is 106 cm³/mol. The first-order valence-electron chi connectivity index (χ1n) is 10.3. The van der Waals surface area contributed by atoms with Crippen LogP contribution in [0.15, 0.2) is 24.3 Å². The Morgan fingerprint density at radius 2 is 1.89 bits per heavy atom. The zero-order valence-electron chi connectivity index (χ0n) is 16.2. The second-order valence-corrected chi connectivity index (χ2v) is 8.04. The van der Waals surface area contributed by atoms with Crippen molar-refractivity contribution in [3.05, 3.63) is 29.8 Å². The minimum atomic E-state index is -0.517. The van der Waals surface area contributed by atoms with Crippen molar-refractivity contribution in [1.29, 1.82) is 0 Å². The van der Waals surface area contributed by atoms with Gasteiger partial charge in [-0.05, 0) is 63.7 Å². The number of carbonyl (C=O) groups excluding carboxylic acids is 2. The van der Waals surface area contributed by atoms with Crippen LogP contribution in [-0.2, 0) is 11.2 Å². The molecule has 4 rings (SSSR count). The van der Waals surface area contributed by atoms with Gasteiger partial charge in [0.1, 0.15) is 6.04 Å². The Balaban J connectivity index is 1.35. The first-order chi connectivity index (χ1) is 13.1. The van der Waals surface area contributed by atoms with Crippen LogP contribution in [0.5, 0.6) is 0 Å². The van der Waals surface area contributed by atoms with Crippen LogP contribution in [0.25, 0.3) is 0 Å². The summed E-state index contributed by atoms with van der Waals surface area (Å²) in [6, 6.07) is 7.69. The fraction of sp³-hybridized carbons (Fsp3) is 0.619. The smallest absolute Gasteiger partial charge is 0.318 e. The minimum Gasteiger partial charge on any atom is -0.326 e. The van der Waals surface area contributed by atoms with Crippen LogP contribution in [0.4, 0.5) is 10.5 Å². The van der Waals surface area contributed by atoms with E-state index in [9.17, 15) is 9.59 Å². The molecular formula is C21H30N4O2. The van der Waals surface area contributed by atoms with Crippen molar-refractivity contribution in [2.75, 3.05) is 37.6 Å². The van der Waals surface area contributed by atoms with Gasteiger partial charge in [0.25, 0.3) is 0 Å². The molecule has 6 nitrogen and oxygen atoms in total. The van der Waals surface area contributed by atoms with E-state index in [0.717, 1.165) is 51.1 Å². The van der Waals surface area contributed by atoms with Crippen molar-refractivity contribution in [3.8, 4) is 0 Å². The van der Waals surface area contributed by atoms with Gasteiger partial charge >= 0.3 is 6.03 Å². The van der Waals surface area contributed by atoms with Gasteiger partial charge in [-0.15, -0.1) is 0 Å². The fourth-order valence-corrected chi connectivity index (χ4v) is 4.69. The molecule has 0 aliphatic carbocycles. The molecule has 1 aromatic rings. The van der Waals surface area contributed by atoms with Crippen molar-refractivity contribution < 1.29 is 9.59 Å². The monoisotopic (exact) mass is 370 g/mol. The molecule has 1 N–H and O–H groups in total. The highest BCUT2D eigenvalue weighted by atomic mass is 16.2. The Bertz CT molecular complexity index is 701. The van der Waals surface area contributed by atoms with E-state index in [2.05, 4.69) is 16.3 Å². The van der Waals surface area contributed by atoms with Crippen molar-refractivity contribution >= 4 is 17.6 Å². The average Bonchev–Trinajstić information content (AvgIpc) is 3.42. The van der Waals surface area contributed by atoms with E-state index in [1.54, 1.807) is 6.92 Å². The summed E-state index contributed by atoms with van der Waals surface area (Å²) < 4.78 is 0. The van der Waals surface area contributed by atoms with E-state index in [1.807, 2.05) is 28.0 Å². The van der Waals surface area contributed by atoms with Gasteiger partial charge in [-0.25, -0.2) is 4.79 Å². The van der Waals surface area contributed by atoms with Crippen molar-refractivity contribution in [2.24, 2.45) is 0 Å². The quantitative estimate of drug-likeness (QED) is 0.884. The fourth-order valence-electron chi connectivity index (χ4n) is 4.69. The summed E-state index contributed by atoms with van der Waals surface area (Å²) in [6.07, 6.45) is 5.52. The van der Waals surface area contributed by atoms with Crippen molar-refractivity contribution in [3.63, 3.8) is 0 Å². The third-order valence-electron chi connectivity index (χ3n) is 6.17. The lowest BCUT2D eigenvalue weighted by molar-refractivity contribution is -0.120. The van der Waals surface area contributed by atoms with Crippen LogP contribution in [0.2, 0.25) is 0 Å². The largest absolute Gasteiger partial charge is 0.326 e. The van der Waals surface area contributed by atoms with Crippen LogP contribution in [0.3, 0.4) is 0 Å². The Morgan fingerprint density at radius 1 is 1.11 bits per heavy atom. The number of para-hydroxylation sites is 1. The van der Waals surface area contributed by atoms with Gasteiger partial charge in [0.05, 0.1) is 0 Å². The van der Waals surface area contributed by atoms with E-state index in [4.69, 9.17) is 0 Å². The van der Waals surface area contributed by atoms with E-state index in [0.29, 0.717) is 6.54 Å². The molecule has 0 radical (unpaired) electrons. The summed E-state index contributed by atoms with van der Waals surface area (Å²) in [4.78, 5) is 32.0. The Morgan fingerprint density at radius 3 is 2.70 bits per heavy atom. The van der Waals surface area contributed by atoms with Crippen LogP contribution in [-0.4, -0.2) is 66.5 Å². The van der Waals surface area contributed by atoms with Gasteiger partial charge in [-0.2, -0.15) is 0 Å². The third kappa shape index (κ3) is 3.81. The lowest BCUT2D eigenvalue weighted by Gasteiger charge is -2.30. The van der Waals surface area contributed by atoms with Gasteiger partial charge in [0, 0.05) is 31.4 Å². The van der Waals surface area contributed by atoms with E-state index in [-0.39, 0.29) is 18.0 Å². The highest BCUT2D eigenvalue weighted by Gasteiger charge is 2.34. The molecule has 0 spiro atoms. The van der Waals surface area contributed by atoms with Gasteiger partial charge in [-0.3, -0.25) is 4.79 Å². The molecule has 2 fully saturated rings. The predicted octanol–water partition coefficient (Wildman–Crippen LogP) is 2.23. The number of hydrogen-bond donors (Lipinski definition) is 1. The number of rotatable bonds is 4. The molecule has 6 heteroatoms. The number of nitrogens with one attached hydrogen (secondary N) is 1. The summed E-state index contributed by atoms with van der Waals surface area (Å²) in [6.45, 7) is 6.55. The number of amides is 3. The second kappa shape index (κ2) is 7.89. The maximum atomic E-state index is 12.9. The van der Waals surface area contributed by atoms with Crippen LogP contribution >= 0.6 is 0 Å². The number of benzene rings is 1. The molecule has 27 heavy (non-hydrogen) atoms. The first-order valence-corrected chi connectivity index (χ1v) is 10.3. The molecule has 0 aromatic heterocycles. The standard InChI is InChI=1S/C21H30N4O2/c1-16(20(26)25-14-10-17-7-2-3-9-19(17)25)22-21(27)24-13-6-8-18(24)15-23-11-4-5-12-23/h2-3,7,9,16,18H,4-6,8,10-15H2,1H3,(H,22,27). The Kier molecular flexibility index (Phi) is 5.34. The van der Waals surface area contributed by atoms with Crippen molar-refractivity contribution in [2.45, 2.75) is 51.1 Å². The number of fused-ring (bicyclic) bond motifs is 1. The van der Waals surface area contributed by atoms with Crippen LogP contribution < -0.4 is 10.2 Å². The van der Waals surface area contributed by atoms with Gasteiger partial charge in [0.15, 0.2) is 0 Å². The number of likely N-dealkylation sites (tertiary alicyclic amines) is 2. The van der Waals surface area contributed by atoms with Gasteiger partial charge in [0.2, 0.25) is 5.91 Å². The van der Waals surface area contributed by atoms with E-state index < -0.39 is 6.04 Å². The summed E-state index contributed by atoms with van der Waals surface area (Å²) in [5.74, 6) is -0.0245. The molecule has 3 aliphatic heterocycles. The molecule has 2 atom stereocenters. The maximum absolute atomic E-state index is 12.9. The number of hydrogen-bond acceptors (Lipinski definition) is 3. The third-order valence-corrected chi connectivity index (χ3v) is 6.17. The molecule has 3 aliphatic rings. The maximum Gasteiger partial charge on any atom is 0.318 e. The molecule has 3 amide bonds. The van der Waals surface area contributed by atoms with Crippen LogP contribution in [0, 0.1) is 0 Å². The summed E-state index contributed by atoms with van der Waals surface area (Å²) in [5.41, 5.74) is 2.19. The molecule has 1 aromatic carbocycles. The zero-order chi connectivity index (χ0) is 18.8. The second-order valence-electron chi connectivity index (χ2n) is 8.04. The number of anilines is 1. The molecule has 3 heterocycles. The highest BCUT2D eigenvalue weighted by molar-refractivity contribution is 6.00. The Hall–Kier alpha value is -2.08. The highest BCUT2D eigenvalue weighted by Crippen LogP contribution is 2.28. The molecule has 0 saturated carbocycles. The molecule has 146 valence electrons. The number of carbonyl (C=O) groups is 2. The average molecular weight is 370 g/mol. The summed E-state index contributed by atoms with van der Waals surface area (Å²) in [7, 11) is 0. The summed E-state index contributed by atoms with van der Waals surface area (Å²) in [5, 5.41) is 2.96. The Labute approximate surface area is 161 Å². The number of urea groups is 1. The normalized spacial score (nSPS) is 23.5. The van der Waals surface area contributed by atoms with E-state index in [1.165, 1.54) is 18.4 Å². The van der Waals surface area contributed by atoms with E-state index >= 15 is 0 Å². The van der Waals surface area contributed by atoms with Crippen LogP contribution in [0.1, 0.15) is 38.2 Å². The molecular weight excluding hydrogens is 340 g/mol. The molecule has 0 bridgehead atoms. The van der Waals surface area contributed by atoms with Gasteiger partial charge < -0.3 is 20.0 Å². The van der Waals surface area contributed by atoms with Crippen molar-refractivity contribution in [1.82, 2.24) is 15.1 Å². The first kappa shape index (κ1) is 18.3. The minimum absolute atomic E-state index is 0.0245. The topological polar surface area (TPSA) is 55.9 Å². The summed E-state index contributed by atoms with van der Waals surface area (Å²) >= 11 is 0. The molecule has 2 saturated heterocycles. The zero-order valence-corrected chi connectivity index (χ0v) is 16.2. The lowest BCUT2D eigenvalue weighted by Crippen LogP contribution is -2.53. The van der Waals surface area contributed by atoms with Gasteiger partial charge in [-0.1, -0.05) is 18.2 Å².